The fourth-order valence-electron chi connectivity index (χ4n) is 1.46. The van der Waals surface area contributed by atoms with Crippen molar-refractivity contribution < 1.29 is 48.1 Å². The van der Waals surface area contributed by atoms with Crippen molar-refractivity contribution >= 4 is 12.2 Å². The Morgan fingerprint density at radius 3 is 2.55 bits per heavy atom. The molecule has 1 aromatic heterocycles. The van der Waals surface area contributed by atoms with Crippen LogP contribution in [0.1, 0.15) is 11.1 Å². The van der Waals surface area contributed by atoms with E-state index in [9.17, 15) is 4.79 Å². The number of nitrogen functional groups attached to an aromatic ring is 1. The van der Waals surface area contributed by atoms with Gasteiger partial charge in [0.15, 0.2) is 0 Å². The summed E-state index contributed by atoms with van der Waals surface area (Å²) in [7, 11) is 0. The summed E-state index contributed by atoms with van der Waals surface area (Å²) in [4.78, 5) is 17.9. The molecule has 0 saturated heterocycles. The second kappa shape index (κ2) is 8.75. The number of nitrogens with two attached hydrogens (primary N) is 1. The summed E-state index contributed by atoms with van der Waals surface area (Å²) in [5.74, 6) is 0.372. The zero-order valence-corrected chi connectivity index (χ0v) is 12.6. The number of amides is 1. The van der Waals surface area contributed by atoms with Crippen LogP contribution in [0.15, 0.2) is 36.5 Å². The molecule has 0 aliphatic heterocycles. The van der Waals surface area contributed by atoms with Crippen LogP contribution in [0.2, 0.25) is 0 Å². The Balaban J connectivity index is 0.00000200. The molecule has 2 rings (SSSR count). The zero-order chi connectivity index (χ0) is 13.5. The third-order valence-electron chi connectivity index (χ3n) is 2.41. The van der Waals surface area contributed by atoms with Crippen LogP contribution in [-0.2, 0) is 17.9 Å². The first-order valence-electron chi connectivity index (χ1n) is 5.67. The van der Waals surface area contributed by atoms with Gasteiger partial charge in [0.2, 0.25) is 0 Å². The Kier molecular flexibility index (Phi) is 7.31. The minimum absolute atomic E-state index is 0. The summed E-state index contributed by atoms with van der Waals surface area (Å²) in [5, 5.41) is 2.48. The van der Waals surface area contributed by atoms with E-state index in [2.05, 4.69) is 15.3 Å². The monoisotopic (exact) mass is 416 g/mol. The Hall–Kier alpha value is -1.34. The number of nitrogens with one attached hydrogen (secondary N) is 1. The van der Waals surface area contributed by atoms with Crippen LogP contribution in [0, 0.1) is 38.6 Å². The Morgan fingerprint density at radius 2 is 1.90 bits per heavy atom. The molecule has 1 radical (unpaired) electrons. The quantitative estimate of drug-likeness (QED) is 0.537. The molecule has 0 unspecified atom stereocenters. The third-order valence-corrected chi connectivity index (χ3v) is 2.41. The minimum atomic E-state index is 0. The van der Waals surface area contributed by atoms with E-state index in [0.29, 0.717) is 19.0 Å². The largest absolute Gasteiger partial charge is 0.526 e. The maximum Gasteiger partial charge on any atom is 0.318 e. The van der Waals surface area contributed by atoms with Crippen LogP contribution in [0.5, 0.6) is 6.01 Å². The maximum absolute atomic E-state index is 10.1. The topological polar surface area (TPSA) is 90.1 Å². The van der Waals surface area contributed by atoms with Crippen LogP contribution < -0.4 is 15.8 Å². The van der Waals surface area contributed by atoms with Gasteiger partial charge in [-0.2, -0.15) is 11.4 Å². The Labute approximate surface area is 147 Å². The summed E-state index contributed by atoms with van der Waals surface area (Å²) in [6.07, 6.45) is 3.17. The molecule has 3 N–H and O–H groups in total. The molecule has 1 amide bonds. The fraction of sp³-hybridized carbons (Fsp3) is 0.154. The molecule has 20 heavy (non-hydrogen) atoms. The van der Waals surface area contributed by atoms with E-state index >= 15 is 0 Å². The second-order valence-electron chi connectivity index (χ2n) is 3.82. The van der Waals surface area contributed by atoms with Crippen molar-refractivity contribution in [2.45, 2.75) is 13.2 Å². The average molecular weight is 416 g/mol. The van der Waals surface area contributed by atoms with Crippen LogP contribution in [0.4, 0.5) is 5.82 Å². The summed E-state index contributed by atoms with van der Waals surface area (Å²) < 4.78 is 5.41. The van der Waals surface area contributed by atoms with E-state index in [1.807, 2.05) is 24.3 Å². The normalized spacial score (nSPS) is 9.40. The van der Waals surface area contributed by atoms with Gasteiger partial charge < -0.3 is 20.6 Å². The molecule has 0 atom stereocenters. The van der Waals surface area contributed by atoms with E-state index in [1.54, 1.807) is 18.7 Å². The Bertz CT molecular complexity index is 548. The number of hydrogen-bond acceptors (Lipinski definition) is 5. The van der Waals surface area contributed by atoms with Gasteiger partial charge in [-0.1, -0.05) is 24.3 Å². The van der Waals surface area contributed by atoms with Crippen molar-refractivity contribution in [3.05, 3.63) is 47.7 Å². The number of hydrogen-bond donors (Lipinski definition) is 2. The van der Waals surface area contributed by atoms with Crippen molar-refractivity contribution in [2.75, 3.05) is 5.73 Å². The van der Waals surface area contributed by atoms with Gasteiger partial charge >= 0.3 is 6.01 Å². The molecular weight excluding hydrogens is 403 g/mol. The van der Waals surface area contributed by atoms with E-state index in [-0.39, 0.29) is 44.6 Å². The van der Waals surface area contributed by atoms with Gasteiger partial charge in [0.1, 0.15) is 12.4 Å². The Morgan fingerprint density at radius 1 is 1.20 bits per heavy atom. The van der Waals surface area contributed by atoms with Gasteiger partial charge in [-0.25, -0.2) is 4.98 Å². The molecule has 2 aromatic rings. The first kappa shape index (κ1) is 16.7. The molecule has 0 aliphatic rings. The number of nitrogens with zero attached hydrogens (tertiary/aromatic N) is 2. The molecule has 7 heteroatoms. The molecule has 0 fully saturated rings. The van der Waals surface area contributed by atoms with Gasteiger partial charge in [-0.05, 0) is 17.2 Å². The van der Waals surface area contributed by atoms with Crippen molar-refractivity contribution in [1.29, 1.82) is 0 Å². The second-order valence-corrected chi connectivity index (χ2v) is 3.82. The molecular formula is C13H13N4O2Tb-. The number of anilines is 1. The van der Waals surface area contributed by atoms with Crippen molar-refractivity contribution in [3.8, 4) is 6.01 Å². The van der Waals surface area contributed by atoms with Crippen molar-refractivity contribution in [2.24, 2.45) is 0 Å². The van der Waals surface area contributed by atoms with Crippen LogP contribution in [-0.4, -0.2) is 16.4 Å². The first-order chi connectivity index (χ1) is 9.28. The molecule has 1 heterocycles. The smallest absolute Gasteiger partial charge is 0.318 e. The number of rotatable bonds is 6. The minimum Gasteiger partial charge on any atom is -0.526 e. The summed E-state index contributed by atoms with van der Waals surface area (Å²) >= 11 is 0. The van der Waals surface area contributed by atoms with Crippen LogP contribution in [0.25, 0.3) is 0 Å². The first-order valence-corrected chi connectivity index (χ1v) is 5.67. The van der Waals surface area contributed by atoms with Gasteiger partial charge in [0.25, 0.3) is 0 Å². The molecule has 107 valence electrons. The third kappa shape index (κ3) is 5.34. The average Bonchev–Trinajstić information content (AvgIpc) is 2.44. The number of aromatic nitrogens is 2. The van der Waals surface area contributed by atoms with E-state index in [1.165, 1.54) is 0 Å². The van der Waals surface area contributed by atoms with Gasteiger partial charge in [0.05, 0.1) is 0 Å². The van der Waals surface area contributed by atoms with Crippen molar-refractivity contribution in [1.82, 2.24) is 15.3 Å². The van der Waals surface area contributed by atoms with Crippen LogP contribution >= 0.6 is 0 Å². The van der Waals surface area contributed by atoms with E-state index < -0.39 is 0 Å². The SMILES string of the molecule is Nc1ccnc(OCc2ccc(CN[C-]=O)cc2)n1.[Tb]. The standard InChI is InChI=1S/C13H13N4O2.Tb/c14-12-5-6-16-13(17-12)19-8-11-3-1-10(2-4-11)7-15-9-18;/h1-6H,7-8H2,(H,15,18)(H2,14,16,17);/q-1;. The van der Waals surface area contributed by atoms with E-state index in [0.717, 1.165) is 11.1 Å². The van der Waals surface area contributed by atoms with Crippen molar-refractivity contribution in [3.63, 3.8) is 0 Å². The fourth-order valence-corrected chi connectivity index (χ4v) is 1.46. The van der Waals surface area contributed by atoms with Gasteiger partial charge in [-0.3, -0.25) is 0 Å². The molecule has 0 spiro atoms. The summed E-state index contributed by atoms with van der Waals surface area (Å²) in [6.45, 7) is 0.819. The number of carbonyl (C=O) groups excluding carboxylic acids is 1. The number of benzene rings is 1. The number of ether oxygens (including phenoxy) is 1. The molecule has 0 saturated carbocycles. The summed E-state index contributed by atoms with van der Waals surface area (Å²) in [6, 6.07) is 9.48. The zero-order valence-electron chi connectivity index (χ0n) is 10.5. The molecule has 0 aliphatic carbocycles. The van der Waals surface area contributed by atoms with Gasteiger partial charge in [-0.15, -0.1) is 0 Å². The van der Waals surface area contributed by atoms with E-state index in [4.69, 9.17) is 10.5 Å². The molecule has 0 bridgehead atoms. The summed E-state index contributed by atoms with van der Waals surface area (Å²) in [5.41, 5.74) is 7.49. The molecule has 6 nitrogen and oxygen atoms in total. The predicted octanol–water partition coefficient (Wildman–Crippen LogP) is 0.795. The predicted molar refractivity (Wildman–Crippen MR) is 69.8 cm³/mol. The van der Waals surface area contributed by atoms with Crippen LogP contribution in [0.3, 0.4) is 0 Å². The maximum atomic E-state index is 10.1. The van der Waals surface area contributed by atoms with Gasteiger partial charge in [0, 0.05) is 51.4 Å². The molecule has 1 aromatic carbocycles.